The highest BCUT2D eigenvalue weighted by atomic mass is 15.2. The van der Waals surface area contributed by atoms with Gasteiger partial charge in [-0.25, -0.2) is 0 Å². The molecule has 1 aromatic rings. The molecule has 0 radical (unpaired) electrons. The Hall–Kier alpha value is -1.02. The summed E-state index contributed by atoms with van der Waals surface area (Å²) in [6.45, 7) is 7.95. The fourth-order valence-corrected chi connectivity index (χ4v) is 3.14. The number of nitrogens with one attached hydrogen (secondary N) is 1. The van der Waals surface area contributed by atoms with Crippen molar-refractivity contribution in [3.63, 3.8) is 0 Å². The largest absolute Gasteiger partial charge is 0.370 e. The standard InChI is InChI=1S/C18H30N2/c1-3-5-6-9-13-20-15-17(10-4-2)19-14-16-11-7-8-12-18(16)20/h7-8,11-12,17,19H,3-6,9-10,13-15H2,1-2H3. The predicted octanol–water partition coefficient (Wildman–Crippen LogP) is 4.35. The zero-order chi connectivity index (χ0) is 14.2. The van der Waals surface area contributed by atoms with Gasteiger partial charge in [0.05, 0.1) is 0 Å². The van der Waals surface area contributed by atoms with E-state index >= 15 is 0 Å². The molecule has 1 aliphatic rings. The highest BCUT2D eigenvalue weighted by molar-refractivity contribution is 5.54. The molecule has 20 heavy (non-hydrogen) atoms. The van der Waals surface area contributed by atoms with Gasteiger partial charge in [0, 0.05) is 31.4 Å². The summed E-state index contributed by atoms with van der Waals surface area (Å²) in [5, 5.41) is 3.73. The summed E-state index contributed by atoms with van der Waals surface area (Å²) >= 11 is 0. The first-order valence-electron chi connectivity index (χ1n) is 8.41. The van der Waals surface area contributed by atoms with Gasteiger partial charge in [0.25, 0.3) is 0 Å². The van der Waals surface area contributed by atoms with Crippen LogP contribution in [0.3, 0.4) is 0 Å². The molecule has 0 saturated heterocycles. The topological polar surface area (TPSA) is 15.3 Å². The van der Waals surface area contributed by atoms with Crippen LogP contribution in [0.2, 0.25) is 0 Å². The van der Waals surface area contributed by atoms with E-state index in [1.165, 1.54) is 56.3 Å². The van der Waals surface area contributed by atoms with Crippen molar-refractivity contribution in [2.75, 3.05) is 18.0 Å². The maximum absolute atomic E-state index is 3.73. The number of para-hydroxylation sites is 1. The summed E-state index contributed by atoms with van der Waals surface area (Å²) in [4.78, 5) is 2.62. The van der Waals surface area contributed by atoms with E-state index in [9.17, 15) is 0 Å². The maximum atomic E-state index is 3.73. The normalized spacial score (nSPS) is 18.7. The molecule has 1 atom stereocenters. The number of hydrogen-bond donors (Lipinski definition) is 1. The molecule has 0 fully saturated rings. The van der Waals surface area contributed by atoms with Crippen molar-refractivity contribution >= 4 is 5.69 Å². The molecule has 112 valence electrons. The molecule has 0 spiro atoms. The Morgan fingerprint density at radius 3 is 2.75 bits per heavy atom. The molecule has 1 aliphatic heterocycles. The number of rotatable bonds is 7. The van der Waals surface area contributed by atoms with E-state index in [4.69, 9.17) is 0 Å². The first-order valence-corrected chi connectivity index (χ1v) is 8.41. The van der Waals surface area contributed by atoms with Crippen LogP contribution in [0, 0.1) is 0 Å². The number of hydrogen-bond acceptors (Lipinski definition) is 2. The van der Waals surface area contributed by atoms with Gasteiger partial charge in [0.1, 0.15) is 0 Å². The molecular formula is C18H30N2. The molecule has 2 rings (SSSR count). The van der Waals surface area contributed by atoms with Crippen LogP contribution < -0.4 is 10.2 Å². The Kier molecular flexibility index (Phi) is 6.38. The molecular weight excluding hydrogens is 244 g/mol. The van der Waals surface area contributed by atoms with Crippen molar-refractivity contribution in [2.24, 2.45) is 0 Å². The summed E-state index contributed by atoms with van der Waals surface area (Å²) in [7, 11) is 0. The van der Waals surface area contributed by atoms with E-state index in [0.29, 0.717) is 6.04 Å². The van der Waals surface area contributed by atoms with Crippen LogP contribution in [-0.2, 0) is 6.54 Å². The van der Waals surface area contributed by atoms with E-state index < -0.39 is 0 Å². The lowest BCUT2D eigenvalue weighted by Crippen LogP contribution is -2.38. The Morgan fingerprint density at radius 1 is 1.10 bits per heavy atom. The summed E-state index contributed by atoms with van der Waals surface area (Å²) in [6.07, 6.45) is 7.90. The van der Waals surface area contributed by atoms with Crippen molar-refractivity contribution in [3.8, 4) is 0 Å². The summed E-state index contributed by atoms with van der Waals surface area (Å²) in [6, 6.07) is 9.55. The molecule has 0 aromatic heterocycles. The molecule has 1 N–H and O–H groups in total. The number of unbranched alkanes of at least 4 members (excludes halogenated alkanes) is 3. The minimum atomic E-state index is 0.638. The van der Waals surface area contributed by atoms with Gasteiger partial charge in [0.2, 0.25) is 0 Å². The third-order valence-corrected chi connectivity index (χ3v) is 4.27. The van der Waals surface area contributed by atoms with Crippen LogP contribution >= 0.6 is 0 Å². The van der Waals surface area contributed by atoms with Crippen molar-refractivity contribution < 1.29 is 0 Å². The molecule has 0 aliphatic carbocycles. The van der Waals surface area contributed by atoms with Gasteiger partial charge >= 0.3 is 0 Å². The number of nitrogens with zero attached hydrogens (tertiary/aromatic N) is 1. The lowest BCUT2D eigenvalue weighted by molar-refractivity contribution is 0.477. The Labute approximate surface area is 124 Å². The predicted molar refractivity (Wildman–Crippen MR) is 88.3 cm³/mol. The molecule has 1 heterocycles. The molecule has 0 amide bonds. The fourth-order valence-electron chi connectivity index (χ4n) is 3.14. The first-order chi connectivity index (χ1) is 9.85. The SMILES string of the molecule is CCCCCCN1CC(CCC)NCc2ccccc21. The quantitative estimate of drug-likeness (QED) is 0.744. The van der Waals surface area contributed by atoms with Crippen molar-refractivity contribution in [2.45, 2.75) is 65.0 Å². The van der Waals surface area contributed by atoms with Crippen LogP contribution in [-0.4, -0.2) is 19.1 Å². The van der Waals surface area contributed by atoms with E-state index in [-0.39, 0.29) is 0 Å². The van der Waals surface area contributed by atoms with Crippen LogP contribution in [0.5, 0.6) is 0 Å². The van der Waals surface area contributed by atoms with E-state index in [1.54, 1.807) is 0 Å². The lowest BCUT2D eigenvalue weighted by Gasteiger charge is -2.27. The van der Waals surface area contributed by atoms with Crippen molar-refractivity contribution in [1.82, 2.24) is 5.32 Å². The zero-order valence-electron chi connectivity index (χ0n) is 13.2. The Bertz CT molecular complexity index is 389. The van der Waals surface area contributed by atoms with E-state index in [1.807, 2.05) is 0 Å². The second kappa shape index (κ2) is 8.31. The van der Waals surface area contributed by atoms with E-state index in [0.717, 1.165) is 13.1 Å². The number of benzene rings is 1. The monoisotopic (exact) mass is 274 g/mol. The van der Waals surface area contributed by atoms with Gasteiger partial charge in [-0.15, -0.1) is 0 Å². The molecule has 1 unspecified atom stereocenters. The van der Waals surface area contributed by atoms with Crippen molar-refractivity contribution in [1.29, 1.82) is 0 Å². The first kappa shape index (κ1) is 15.4. The maximum Gasteiger partial charge on any atom is 0.0412 e. The summed E-state index contributed by atoms with van der Waals surface area (Å²) in [5.41, 5.74) is 2.91. The van der Waals surface area contributed by atoms with Crippen LogP contribution in [0.1, 0.15) is 57.9 Å². The van der Waals surface area contributed by atoms with Gasteiger partial charge in [-0.05, 0) is 24.5 Å². The van der Waals surface area contributed by atoms with Gasteiger partial charge in [-0.1, -0.05) is 57.7 Å². The van der Waals surface area contributed by atoms with Crippen LogP contribution in [0.25, 0.3) is 0 Å². The van der Waals surface area contributed by atoms with Gasteiger partial charge < -0.3 is 10.2 Å². The molecule has 2 heteroatoms. The summed E-state index contributed by atoms with van der Waals surface area (Å²) < 4.78 is 0. The van der Waals surface area contributed by atoms with Crippen LogP contribution in [0.4, 0.5) is 5.69 Å². The second-order valence-electron chi connectivity index (χ2n) is 6.00. The number of anilines is 1. The highest BCUT2D eigenvalue weighted by Gasteiger charge is 2.20. The minimum Gasteiger partial charge on any atom is -0.370 e. The van der Waals surface area contributed by atoms with Crippen molar-refractivity contribution in [3.05, 3.63) is 29.8 Å². The Morgan fingerprint density at radius 2 is 1.95 bits per heavy atom. The van der Waals surface area contributed by atoms with Crippen LogP contribution in [0.15, 0.2) is 24.3 Å². The summed E-state index contributed by atoms with van der Waals surface area (Å²) in [5.74, 6) is 0. The van der Waals surface area contributed by atoms with E-state index in [2.05, 4.69) is 48.3 Å². The number of fused-ring (bicyclic) bond motifs is 1. The highest BCUT2D eigenvalue weighted by Crippen LogP contribution is 2.24. The van der Waals surface area contributed by atoms with Gasteiger partial charge in [0.15, 0.2) is 0 Å². The average Bonchev–Trinajstić information content (AvgIpc) is 2.65. The molecule has 2 nitrogen and oxygen atoms in total. The third kappa shape index (κ3) is 4.24. The Balaban J connectivity index is 2.03. The zero-order valence-corrected chi connectivity index (χ0v) is 13.2. The third-order valence-electron chi connectivity index (χ3n) is 4.27. The lowest BCUT2D eigenvalue weighted by atomic mass is 10.1. The smallest absolute Gasteiger partial charge is 0.0412 e. The average molecular weight is 274 g/mol. The second-order valence-corrected chi connectivity index (χ2v) is 6.00. The van der Waals surface area contributed by atoms with Gasteiger partial charge in [-0.3, -0.25) is 0 Å². The fraction of sp³-hybridized carbons (Fsp3) is 0.667. The molecule has 1 aromatic carbocycles. The van der Waals surface area contributed by atoms with Gasteiger partial charge in [-0.2, -0.15) is 0 Å². The molecule has 0 bridgehead atoms. The molecule has 0 saturated carbocycles. The minimum absolute atomic E-state index is 0.638.